The van der Waals surface area contributed by atoms with Gasteiger partial charge in [-0.3, -0.25) is 4.79 Å². The van der Waals surface area contributed by atoms with Crippen LogP contribution in [0.1, 0.15) is 112 Å². The van der Waals surface area contributed by atoms with Gasteiger partial charge in [-0.25, -0.2) is 0 Å². The summed E-state index contributed by atoms with van der Waals surface area (Å²) in [5.41, 5.74) is 2.19. The van der Waals surface area contributed by atoms with Gasteiger partial charge in [-0.05, 0) is 80.1 Å². The molecule has 0 amide bonds. The van der Waals surface area contributed by atoms with E-state index in [0.29, 0.717) is 38.7 Å². The molecule has 21 atom stereocenters. The maximum Gasteiger partial charge on any atom is 0.308 e. The van der Waals surface area contributed by atoms with E-state index in [1.165, 1.54) is 0 Å². The Kier molecular flexibility index (Phi) is 14.0. The highest BCUT2D eigenvalue weighted by Gasteiger charge is 2.75. The summed E-state index contributed by atoms with van der Waals surface area (Å²) >= 11 is 2.44. The van der Waals surface area contributed by atoms with Gasteiger partial charge in [0, 0.05) is 29.6 Å². The Morgan fingerprint density at radius 1 is 0.738 bits per heavy atom. The van der Waals surface area contributed by atoms with Gasteiger partial charge in [0.2, 0.25) is 5.79 Å². The first-order valence-electron chi connectivity index (χ1n) is 25.3. The SMILES string of the molecule is C=CCO[C@]12C[C@]34CCC5CC(=C)C(CCC6C[C@@H](C)C(=C)C(CC7O[C@H]8C[C@@H](O[Si](CC)(CC)CC)[C@@H](CI)O[C@H]8[C@H](C)C7OC(=O)CC7CCC8OC(C(O1)C(O3)[C@H]8O7)C2O4)O6)O5. The van der Waals surface area contributed by atoms with Gasteiger partial charge in [0.1, 0.15) is 36.6 Å². The molecule has 12 bridgehead atoms. The van der Waals surface area contributed by atoms with Crippen LogP contribution in [0.4, 0.5) is 0 Å². The summed E-state index contributed by atoms with van der Waals surface area (Å²) in [7, 11) is -1.93. The third-order valence-electron chi connectivity index (χ3n) is 17.4. The molecule has 11 rings (SSSR count). The summed E-state index contributed by atoms with van der Waals surface area (Å²) in [5.74, 6) is -2.22. The molecule has 11 heterocycles. The molecule has 65 heavy (non-hydrogen) atoms. The van der Waals surface area contributed by atoms with Crippen LogP contribution in [0.5, 0.6) is 0 Å². The smallest absolute Gasteiger partial charge is 0.308 e. The number of hydrogen-bond acceptors (Lipinski definition) is 13. The zero-order chi connectivity index (χ0) is 45.4. The lowest BCUT2D eigenvalue weighted by Gasteiger charge is -2.52. The molecule has 0 aromatic heterocycles. The first kappa shape index (κ1) is 47.9. The first-order chi connectivity index (χ1) is 31.3. The minimum atomic E-state index is -1.93. The molecular weight excluding hydrogens is 964 g/mol. The van der Waals surface area contributed by atoms with Gasteiger partial charge < -0.3 is 56.5 Å². The van der Waals surface area contributed by atoms with Crippen molar-refractivity contribution in [2.75, 3.05) is 11.0 Å². The summed E-state index contributed by atoms with van der Waals surface area (Å²) in [6, 6.07) is 3.21. The largest absolute Gasteiger partial charge is 0.459 e. The molecule has 11 aliphatic rings. The number of rotatable bonds is 9. The summed E-state index contributed by atoms with van der Waals surface area (Å²) in [6.07, 6.45) is 4.70. The molecule has 0 aliphatic carbocycles. The van der Waals surface area contributed by atoms with Crippen molar-refractivity contribution in [3.8, 4) is 0 Å². The van der Waals surface area contributed by atoms with E-state index >= 15 is 0 Å². The second-order valence-electron chi connectivity index (χ2n) is 21.2. The highest BCUT2D eigenvalue weighted by molar-refractivity contribution is 14.1. The number of carbonyl (C=O) groups is 1. The van der Waals surface area contributed by atoms with Crippen molar-refractivity contribution in [3.63, 3.8) is 0 Å². The Morgan fingerprint density at radius 3 is 2.25 bits per heavy atom. The predicted octanol–water partition coefficient (Wildman–Crippen LogP) is 8.20. The van der Waals surface area contributed by atoms with Crippen molar-refractivity contribution in [1.82, 2.24) is 0 Å². The fraction of sp³-hybridized carbons (Fsp3) is 0.860. The van der Waals surface area contributed by atoms with Crippen molar-refractivity contribution in [3.05, 3.63) is 37.0 Å². The molecule has 15 heteroatoms. The summed E-state index contributed by atoms with van der Waals surface area (Å²) in [5, 5.41) is 0. The van der Waals surface area contributed by atoms with Crippen molar-refractivity contribution in [1.29, 1.82) is 0 Å². The van der Waals surface area contributed by atoms with Gasteiger partial charge in [-0.15, -0.1) is 6.58 Å². The third kappa shape index (κ3) is 8.89. The number of halogens is 1. The lowest BCUT2D eigenvalue weighted by atomic mass is 9.79. The highest BCUT2D eigenvalue weighted by atomic mass is 127. The first-order valence-corrected chi connectivity index (χ1v) is 29.4. The normalized spacial score (nSPS) is 49.7. The van der Waals surface area contributed by atoms with E-state index in [2.05, 4.69) is 76.9 Å². The molecular formula is C50H75IO13Si. The summed E-state index contributed by atoms with van der Waals surface area (Å²) in [4.78, 5) is 14.4. The van der Waals surface area contributed by atoms with Crippen molar-refractivity contribution >= 4 is 36.9 Å². The standard InChI is InChI=1S/C50H75IO13Si/c1-9-19-53-50-26-49-18-17-33-21-28(6)34(54-33)15-13-31-20-27(5)29(7)36(55-31)23-38-43(30(8)42-39(57-38)24-37(40(25-51)59-42)64-65(10-2,11-3)12-4)60-41(52)22-32-14-16-35-44(56-32)45(61-49)46(62-50)47(58-35)48(50)63-49/h9,27,30-40,42-48H,1,6-7,10-26H2,2-5,8H3/t27-,30+,31?,32?,33?,34?,35?,36?,37-,38?,39+,40-,42+,43?,44+,45?,46?,47?,48?,49-,50-/m1/s1. The highest BCUT2D eigenvalue weighted by Crippen LogP contribution is 2.59. The number of carbonyl (C=O) groups excluding carboxylic acids is 1. The van der Waals surface area contributed by atoms with Crippen molar-refractivity contribution in [2.45, 2.75) is 245 Å². The third-order valence-corrected chi connectivity index (χ3v) is 22.9. The van der Waals surface area contributed by atoms with Crippen LogP contribution in [-0.4, -0.2) is 141 Å². The van der Waals surface area contributed by atoms with Gasteiger partial charge in [0.15, 0.2) is 14.1 Å². The van der Waals surface area contributed by atoms with E-state index in [0.717, 1.165) is 72.2 Å². The second kappa shape index (κ2) is 19.1. The van der Waals surface area contributed by atoms with Gasteiger partial charge in [0.25, 0.3) is 0 Å². The van der Waals surface area contributed by atoms with E-state index in [1.807, 2.05) is 0 Å². The molecule has 0 radical (unpaired) electrons. The van der Waals surface area contributed by atoms with E-state index in [4.69, 9.17) is 56.5 Å². The van der Waals surface area contributed by atoms with E-state index in [-0.39, 0.29) is 85.3 Å². The Bertz CT molecular complexity index is 1770. The summed E-state index contributed by atoms with van der Waals surface area (Å²) < 4.78 is 83.8. The van der Waals surface area contributed by atoms with Crippen LogP contribution in [-0.2, 0) is 61.3 Å². The molecule has 12 unspecified atom stereocenters. The minimum absolute atomic E-state index is 0.0149. The lowest BCUT2D eigenvalue weighted by Crippen LogP contribution is -2.63. The summed E-state index contributed by atoms with van der Waals surface area (Å²) in [6.45, 7) is 24.6. The van der Waals surface area contributed by atoms with Crippen LogP contribution in [0, 0.1) is 11.8 Å². The van der Waals surface area contributed by atoms with Crippen LogP contribution < -0.4 is 0 Å². The Morgan fingerprint density at radius 2 is 1.48 bits per heavy atom. The molecule has 11 aliphatic heterocycles. The molecule has 11 fully saturated rings. The second-order valence-corrected chi connectivity index (χ2v) is 26.8. The van der Waals surface area contributed by atoms with Gasteiger partial charge >= 0.3 is 5.97 Å². The number of alkyl halides is 1. The van der Waals surface area contributed by atoms with E-state index in [1.54, 1.807) is 6.08 Å². The van der Waals surface area contributed by atoms with Gasteiger partial charge in [-0.2, -0.15) is 0 Å². The Labute approximate surface area is 401 Å². The number of esters is 1. The van der Waals surface area contributed by atoms with Crippen molar-refractivity contribution < 1.29 is 61.3 Å². The molecule has 0 saturated carbocycles. The molecule has 11 saturated heterocycles. The average Bonchev–Trinajstić information content (AvgIpc) is 3.85. The van der Waals surface area contributed by atoms with Crippen LogP contribution in [0.15, 0.2) is 37.0 Å². The number of fused-ring (bicyclic) bond motifs is 7. The zero-order valence-corrected chi connectivity index (χ0v) is 42.5. The van der Waals surface area contributed by atoms with Crippen LogP contribution in [0.25, 0.3) is 0 Å². The Balaban J connectivity index is 0.937. The molecule has 364 valence electrons. The molecule has 0 N–H and O–H groups in total. The predicted molar refractivity (Wildman–Crippen MR) is 251 cm³/mol. The number of ether oxygens (including phenoxy) is 11. The molecule has 13 nitrogen and oxygen atoms in total. The topological polar surface area (TPSA) is 128 Å². The maximum atomic E-state index is 14.4. The molecule has 0 aromatic rings. The number of hydrogen-bond donors (Lipinski definition) is 0. The van der Waals surface area contributed by atoms with Crippen LogP contribution in [0.2, 0.25) is 18.1 Å². The van der Waals surface area contributed by atoms with Crippen LogP contribution in [0.3, 0.4) is 0 Å². The van der Waals surface area contributed by atoms with E-state index in [9.17, 15) is 4.79 Å². The Hall–Kier alpha value is -0.803. The van der Waals surface area contributed by atoms with Gasteiger partial charge in [-0.1, -0.05) is 76.4 Å². The fourth-order valence-corrected chi connectivity index (χ4v) is 17.2. The lowest BCUT2D eigenvalue weighted by molar-refractivity contribution is -0.305. The van der Waals surface area contributed by atoms with E-state index < -0.39 is 62.6 Å². The molecule has 0 aromatic carbocycles. The van der Waals surface area contributed by atoms with Crippen LogP contribution >= 0.6 is 22.6 Å². The molecule has 1 spiro atoms. The fourth-order valence-electron chi connectivity index (χ4n) is 13.5. The minimum Gasteiger partial charge on any atom is -0.459 e. The van der Waals surface area contributed by atoms with Gasteiger partial charge in [0.05, 0.1) is 86.6 Å². The zero-order valence-electron chi connectivity index (χ0n) is 39.4. The monoisotopic (exact) mass is 1040 g/mol. The average molecular weight is 1040 g/mol. The maximum absolute atomic E-state index is 14.4. The van der Waals surface area contributed by atoms with Crippen molar-refractivity contribution in [2.24, 2.45) is 11.8 Å². The quantitative estimate of drug-likeness (QED) is 0.0725.